The second-order valence-electron chi connectivity index (χ2n) is 5.87. The first-order chi connectivity index (χ1) is 10.3. The quantitative estimate of drug-likeness (QED) is 0.824. The molecule has 1 heterocycles. The molecular weight excluding hydrogens is 302 g/mol. The van der Waals surface area contributed by atoms with Crippen LogP contribution in [0.3, 0.4) is 0 Å². The van der Waals surface area contributed by atoms with Crippen LogP contribution in [0.4, 0.5) is 0 Å². The average molecular weight is 325 g/mol. The smallest absolute Gasteiger partial charge is 0.254 e. The molecule has 0 saturated carbocycles. The molecule has 122 valence electrons. The second kappa shape index (κ2) is 6.79. The lowest BCUT2D eigenvalue weighted by molar-refractivity contribution is 0.0623. The van der Waals surface area contributed by atoms with Crippen molar-refractivity contribution >= 4 is 15.7 Å². The number of methoxy groups -OCH3 is 1. The van der Waals surface area contributed by atoms with Crippen LogP contribution in [-0.4, -0.2) is 57.0 Å². The number of ether oxygens (including phenoxy) is 1. The summed E-state index contributed by atoms with van der Waals surface area (Å²) in [6.45, 7) is 4.68. The maximum absolute atomic E-state index is 12.9. The number of amides is 1. The van der Waals surface area contributed by atoms with Crippen LogP contribution >= 0.6 is 0 Å². The summed E-state index contributed by atoms with van der Waals surface area (Å²) in [5, 5.41) is 0. The number of rotatable bonds is 5. The van der Waals surface area contributed by atoms with Crippen molar-refractivity contribution in [3.8, 4) is 0 Å². The summed E-state index contributed by atoms with van der Waals surface area (Å²) in [6.07, 6.45) is 0.503. The lowest BCUT2D eigenvalue weighted by atomic mass is 10.0. The highest BCUT2D eigenvalue weighted by Gasteiger charge is 2.35. The minimum atomic E-state index is -3.03. The van der Waals surface area contributed by atoms with Gasteiger partial charge in [0.05, 0.1) is 18.1 Å². The molecule has 0 spiro atoms. The molecular formula is C16H23NO4S. The van der Waals surface area contributed by atoms with Crippen LogP contribution in [0.2, 0.25) is 0 Å². The summed E-state index contributed by atoms with van der Waals surface area (Å²) < 4.78 is 28.5. The first kappa shape index (κ1) is 17.0. The minimum Gasteiger partial charge on any atom is -0.383 e. The molecule has 1 fully saturated rings. The molecule has 1 aromatic rings. The van der Waals surface area contributed by atoms with Crippen LogP contribution in [0, 0.1) is 13.8 Å². The van der Waals surface area contributed by atoms with E-state index in [1.54, 1.807) is 12.0 Å². The molecule has 22 heavy (non-hydrogen) atoms. The highest BCUT2D eigenvalue weighted by Crippen LogP contribution is 2.21. The summed E-state index contributed by atoms with van der Waals surface area (Å²) in [6, 6.07) is 5.43. The third-order valence-electron chi connectivity index (χ3n) is 4.06. The number of nitrogens with zero attached hydrogens (tertiary/aromatic N) is 1. The fourth-order valence-electron chi connectivity index (χ4n) is 2.87. The molecule has 2 rings (SSSR count). The number of aryl methyl sites for hydroxylation is 2. The molecule has 1 atom stereocenters. The highest BCUT2D eigenvalue weighted by molar-refractivity contribution is 7.91. The normalized spacial score (nSPS) is 20.0. The van der Waals surface area contributed by atoms with Gasteiger partial charge in [-0.25, -0.2) is 8.42 Å². The summed E-state index contributed by atoms with van der Waals surface area (Å²) in [7, 11) is -1.46. The number of carbonyl (C=O) groups is 1. The van der Waals surface area contributed by atoms with E-state index in [2.05, 4.69) is 0 Å². The summed E-state index contributed by atoms with van der Waals surface area (Å²) >= 11 is 0. The summed E-state index contributed by atoms with van der Waals surface area (Å²) in [5.41, 5.74) is 2.64. The van der Waals surface area contributed by atoms with E-state index < -0.39 is 9.84 Å². The third-order valence-corrected chi connectivity index (χ3v) is 5.81. The number of carbonyl (C=O) groups excluding carboxylic acids is 1. The molecule has 6 heteroatoms. The SMILES string of the molecule is COCCN(C(=O)c1ccc(C)cc1C)C1CCS(=O)(=O)C1. The Morgan fingerprint density at radius 1 is 1.36 bits per heavy atom. The Bertz CT molecular complexity index is 654. The zero-order valence-corrected chi connectivity index (χ0v) is 14.1. The van der Waals surface area contributed by atoms with Crippen molar-refractivity contribution in [3.63, 3.8) is 0 Å². The van der Waals surface area contributed by atoms with Crippen LogP contribution < -0.4 is 0 Å². The molecule has 0 aromatic heterocycles. The van der Waals surface area contributed by atoms with Crippen molar-refractivity contribution in [1.29, 1.82) is 0 Å². The lowest BCUT2D eigenvalue weighted by Crippen LogP contribution is -2.43. The average Bonchev–Trinajstić information content (AvgIpc) is 2.79. The molecule has 0 radical (unpaired) electrons. The predicted molar refractivity (Wildman–Crippen MR) is 85.9 cm³/mol. The second-order valence-corrected chi connectivity index (χ2v) is 8.10. The number of hydrogen-bond donors (Lipinski definition) is 0. The van der Waals surface area contributed by atoms with E-state index in [9.17, 15) is 13.2 Å². The number of sulfone groups is 1. The molecule has 1 amide bonds. The number of benzene rings is 1. The third kappa shape index (κ3) is 3.87. The van der Waals surface area contributed by atoms with E-state index in [1.165, 1.54) is 0 Å². The van der Waals surface area contributed by atoms with Crippen molar-refractivity contribution in [1.82, 2.24) is 4.90 Å². The Labute approximate surface area is 132 Å². The predicted octanol–water partition coefficient (Wildman–Crippen LogP) is 1.58. The van der Waals surface area contributed by atoms with Crippen LogP contribution in [0.5, 0.6) is 0 Å². The van der Waals surface area contributed by atoms with Crippen molar-refractivity contribution in [3.05, 3.63) is 34.9 Å². The molecule has 1 aliphatic heterocycles. The van der Waals surface area contributed by atoms with Gasteiger partial charge in [-0.05, 0) is 31.9 Å². The summed E-state index contributed by atoms with van der Waals surface area (Å²) in [5.74, 6) is 0.0888. The molecule has 0 bridgehead atoms. The van der Waals surface area contributed by atoms with Crippen LogP contribution in [-0.2, 0) is 14.6 Å². The Morgan fingerprint density at radius 2 is 2.09 bits per heavy atom. The molecule has 0 N–H and O–H groups in total. The van der Waals surface area contributed by atoms with Gasteiger partial charge in [0.1, 0.15) is 0 Å². The van der Waals surface area contributed by atoms with Crippen molar-refractivity contribution in [2.75, 3.05) is 31.8 Å². The van der Waals surface area contributed by atoms with Gasteiger partial charge in [0.2, 0.25) is 0 Å². The standard InChI is InChI=1S/C16H23NO4S/c1-12-4-5-15(13(2)10-12)16(18)17(7-8-21-3)14-6-9-22(19,20)11-14/h4-5,10,14H,6-9,11H2,1-3H3. The van der Waals surface area contributed by atoms with Gasteiger partial charge in [0.25, 0.3) is 5.91 Å². The van der Waals surface area contributed by atoms with Gasteiger partial charge in [-0.1, -0.05) is 17.7 Å². The van der Waals surface area contributed by atoms with E-state index in [0.29, 0.717) is 25.1 Å². The van der Waals surface area contributed by atoms with Gasteiger partial charge in [0.15, 0.2) is 9.84 Å². The van der Waals surface area contributed by atoms with Crippen LogP contribution in [0.1, 0.15) is 27.9 Å². The molecule has 1 aromatic carbocycles. The fraction of sp³-hybridized carbons (Fsp3) is 0.562. The molecule has 1 unspecified atom stereocenters. The monoisotopic (exact) mass is 325 g/mol. The lowest BCUT2D eigenvalue weighted by Gasteiger charge is -2.28. The van der Waals surface area contributed by atoms with Gasteiger partial charge in [-0.15, -0.1) is 0 Å². The largest absolute Gasteiger partial charge is 0.383 e. The van der Waals surface area contributed by atoms with Crippen molar-refractivity contribution < 1.29 is 17.9 Å². The minimum absolute atomic E-state index is 0.0490. The zero-order chi connectivity index (χ0) is 16.3. The van der Waals surface area contributed by atoms with E-state index >= 15 is 0 Å². The van der Waals surface area contributed by atoms with E-state index in [-0.39, 0.29) is 23.5 Å². The van der Waals surface area contributed by atoms with Gasteiger partial charge < -0.3 is 9.64 Å². The van der Waals surface area contributed by atoms with E-state index in [4.69, 9.17) is 4.74 Å². The maximum atomic E-state index is 12.9. The Morgan fingerprint density at radius 3 is 2.64 bits per heavy atom. The van der Waals surface area contributed by atoms with Crippen LogP contribution in [0.25, 0.3) is 0 Å². The first-order valence-corrected chi connectivity index (χ1v) is 9.24. The molecule has 0 aliphatic carbocycles. The fourth-order valence-corrected chi connectivity index (χ4v) is 4.60. The maximum Gasteiger partial charge on any atom is 0.254 e. The number of hydrogen-bond acceptors (Lipinski definition) is 4. The molecule has 5 nitrogen and oxygen atoms in total. The van der Waals surface area contributed by atoms with Gasteiger partial charge in [-0.2, -0.15) is 0 Å². The Kier molecular flexibility index (Phi) is 5.24. The highest BCUT2D eigenvalue weighted by atomic mass is 32.2. The first-order valence-electron chi connectivity index (χ1n) is 7.41. The van der Waals surface area contributed by atoms with Gasteiger partial charge >= 0.3 is 0 Å². The van der Waals surface area contributed by atoms with Gasteiger partial charge in [0, 0.05) is 25.3 Å². The van der Waals surface area contributed by atoms with Crippen molar-refractivity contribution in [2.24, 2.45) is 0 Å². The van der Waals surface area contributed by atoms with E-state index in [1.807, 2.05) is 32.0 Å². The Balaban J connectivity index is 2.26. The molecule has 1 aliphatic rings. The van der Waals surface area contributed by atoms with Gasteiger partial charge in [-0.3, -0.25) is 4.79 Å². The molecule has 1 saturated heterocycles. The van der Waals surface area contributed by atoms with E-state index in [0.717, 1.165) is 11.1 Å². The zero-order valence-electron chi connectivity index (χ0n) is 13.3. The topological polar surface area (TPSA) is 63.7 Å². The Hall–Kier alpha value is -1.40. The summed E-state index contributed by atoms with van der Waals surface area (Å²) in [4.78, 5) is 14.5. The van der Waals surface area contributed by atoms with Crippen LogP contribution in [0.15, 0.2) is 18.2 Å². The van der Waals surface area contributed by atoms with Crippen molar-refractivity contribution in [2.45, 2.75) is 26.3 Å².